The second-order valence-corrected chi connectivity index (χ2v) is 6.33. The lowest BCUT2D eigenvalue weighted by atomic mass is 9.85. The Morgan fingerprint density at radius 3 is 2.43 bits per heavy atom. The van der Waals surface area contributed by atoms with Crippen molar-refractivity contribution in [1.29, 1.82) is 0 Å². The van der Waals surface area contributed by atoms with E-state index >= 15 is 0 Å². The van der Waals surface area contributed by atoms with E-state index in [4.69, 9.17) is 9.52 Å². The van der Waals surface area contributed by atoms with Gasteiger partial charge in [0.1, 0.15) is 11.5 Å². The number of nitrogens with zero attached hydrogens (tertiary/aromatic N) is 1. The molecule has 6 nitrogen and oxygen atoms in total. The van der Waals surface area contributed by atoms with E-state index in [2.05, 4.69) is 5.32 Å². The fraction of sp³-hybridized carbons (Fsp3) is 0.600. The Bertz CT molecular complexity index is 502. The average molecular weight is 296 g/mol. The minimum atomic E-state index is -0.931. The molecule has 1 atom stereocenters. The van der Waals surface area contributed by atoms with Gasteiger partial charge in [-0.3, -0.25) is 4.79 Å². The van der Waals surface area contributed by atoms with Gasteiger partial charge in [0.15, 0.2) is 0 Å². The quantitative estimate of drug-likeness (QED) is 0.875. The molecule has 2 amide bonds. The second kappa shape index (κ2) is 6.65. The molecule has 0 fully saturated rings. The molecule has 0 aliphatic heterocycles. The van der Waals surface area contributed by atoms with Crippen LogP contribution in [0.2, 0.25) is 0 Å². The van der Waals surface area contributed by atoms with Gasteiger partial charge in [0.05, 0.1) is 13.0 Å². The average Bonchev–Trinajstić information content (AvgIpc) is 2.72. The van der Waals surface area contributed by atoms with Crippen LogP contribution in [-0.4, -0.2) is 35.1 Å². The van der Waals surface area contributed by atoms with Crippen LogP contribution in [0.4, 0.5) is 4.79 Å². The van der Waals surface area contributed by atoms with Gasteiger partial charge in [-0.2, -0.15) is 0 Å². The van der Waals surface area contributed by atoms with Crippen LogP contribution in [0.1, 0.15) is 38.7 Å². The highest BCUT2D eigenvalue weighted by Gasteiger charge is 2.29. The molecular weight excluding hydrogens is 272 g/mol. The van der Waals surface area contributed by atoms with E-state index in [0.717, 1.165) is 5.76 Å². The molecule has 6 heteroatoms. The summed E-state index contributed by atoms with van der Waals surface area (Å²) >= 11 is 0. The van der Waals surface area contributed by atoms with E-state index in [9.17, 15) is 9.59 Å². The Morgan fingerprint density at radius 1 is 1.38 bits per heavy atom. The molecule has 1 aromatic heterocycles. The molecule has 0 aliphatic carbocycles. The smallest absolute Gasteiger partial charge is 0.317 e. The molecule has 1 heterocycles. The van der Waals surface area contributed by atoms with Gasteiger partial charge in [0.2, 0.25) is 0 Å². The monoisotopic (exact) mass is 296 g/mol. The van der Waals surface area contributed by atoms with Gasteiger partial charge < -0.3 is 19.7 Å². The predicted octanol–water partition coefficient (Wildman–Crippen LogP) is 2.62. The summed E-state index contributed by atoms with van der Waals surface area (Å²) in [5.41, 5.74) is -0.337. The number of urea groups is 1. The molecule has 2 N–H and O–H groups in total. The molecule has 0 saturated carbocycles. The Hall–Kier alpha value is -1.98. The highest BCUT2D eigenvalue weighted by atomic mass is 16.4. The number of carbonyl (C=O) groups is 2. The van der Waals surface area contributed by atoms with Crippen molar-refractivity contribution in [3.8, 4) is 0 Å². The third-order valence-electron chi connectivity index (χ3n) is 3.26. The molecule has 0 spiro atoms. The van der Waals surface area contributed by atoms with Crippen molar-refractivity contribution >= 4 is 12.0 Å². The van der Waals surface area contributed by atoms with Crippen LogP contribution < -0.4 is 5.32 Å². The van der Waals surface area contributed by atoms with Crippen LogP contribution in [0.5, 0.6) is 0 Å². The first kappa shape index (κ1) is 17.1. The second-order valence-electron chi connectivity index (χ2n) is 6.33. The van der Waals surface area contributed by atoms with E-state index < -0.39 is 12.0 Å². The number of carboxylic acid groups (broad SMARTS) is 1. The summed E-state index contributed by atoms with van der Waals surface area (Å²) in [5.74, 6) is 0.549. The Balaban J connectivity index is 2.65. The molecule has 0 bridgehead atoms. The zero-order chi connectivity index (χ0) is 16.2. The molecular formula is C15H24N2O4. The van der Waals surface area contributed by atoms with E-state index in [0.29, 0.717) is 12.3 Å². The number of aliphatic carboxylic acids is 1. The topological polar surface area (TPSA) is 82.8 Å². The summed E-state index contributed by atoms with van der Waals surface area (Å²) in [7, 11) is 1.65. The molecule has 0 saturated heterocycles. The van der Waals surface area contributed by atoms with Crippen LogP contribution >= 0.6 is 0 Å². The van der Waals surface area contributed by atoms with Gasteiger partial charge in [-0.1, -0.05) is 20.8 Å². The van der Waals surface area contributed by atoms with Gasteiger partial charge in [-0.25, -0.2) is 4.79 Å². The molecule has 1 rings (SSSR count). The highest BCUT2D eigenvalue weighted by molar-refractivity contribution is 5.75. The summed E-state index contributed by atoms with van der Waals surface area (Å²) in [6, 6.07) is 2.90. The molecule has 1 unspecified atom stereocenters. The first-order valence-corrected chi connectivity index (χ1v) is 6.88. The summed E-state index contributed by atoms with van der Waals surface area (Å²) in [5, 5.41) is 11.7. The SMILES string of the molecule is Cc1ccc(CN(C)C(=O)NC(CC(=O)O)C(C)(C)C)o1. The number of hydrogen-bond acceptors (Lipinski definition) is 3. The fourth-order valence-electron chi connectivity index (χ4n) is 1.88. The zero-order valence-electron chi connectivity index (χ0n) is 13.3. The number of aryl methyl sites for hydroxylation is 1. The van der Waals surface area contributed by atoms with E-state index in [-0.39, 0.29) is 17.9 Å². The number of hydrogen-bond donors (Lipinski definition) is 2. The van der Waals surface area contributed by atoms with Crippen LogP contribution in [0, 0.1) is 12.3 Å². The van der Waals surface area contributed by atoms with Gasteiger partial charge in [-0.15, -0.1) is 0 Å². The normalized spacial score (nSPS) is 12.8. The van der Waals surface area contributed by atoms with Crippen LogP contribution in [-0.2, 0) is 11.3 Å². The van der Waals surface area contributed by atoms with E-state index in [1.54, 1.807) is 7.05 Å². The maximum atomic E-state index is 12.2. The minimum absolute atomic E-state index is 0.108. The first-order chi connectivity index (χ1) is 9.59. The van der Waals surface area contributed by atoms with Gasteiger partial charge in [0, 0.05) is 13.1 Å². The Labute approximate surface area is 125 Å². The van der Waals surface area contributed by atoms with Crippen molar-refractivity contribution in [2.24, 2.45) is 5.41 Å². The van der Waals surface area contributed by atoms with Crippen LogP contribution in [0.3, 0.4) is 0 Å². The first-order valence-electron chi connectivity index (χ1n) is 6.88. The van der Waals surface area contributed by atoms with Crippen molar-refractivity contribution in [2.75, 3.05) is 7.05 Å². The van der Waals surface area contributed by atoms with Crippen molar-refractivity contribution in [3.05, 3.63) is 23.7 Å². The number of nitrogens with one attached hydrogen (secondary N) is 1. The summed E-state index contributed by atoms with van der Waals surface area (Å²) in [6.45, 7) is 7.88. The summed E-state index contributed by atoms with van der Waals surface area (Å²) in [4.78, 5) is 24.6. The number of carboxylic acids is 1. The Kier molecular flexibility index (Phi) is 5.41. The van der Waals surface area contributed by atoms with Gasteiger partial charge in [-0.05, 0) is 24.5 Å². The van der Waals surface area contributed by atoms with E-state index in [1.807, 2.05) is 39.8 Å². The number of rotatable bonds is 5. The number of carbonyl (C=O) groups excluding carboxylic acids is 1. The van der Waals surface area contributed by atoms with Crippen LogP contribution in [0.15, 0.2) is 16.5 Å². The molecule has 0 aromatic carbocycles. The van der Waals surface area contributed by atoms with Gasteiger partial charge in [0.25, 0.3) is 0 Å². The van der Waals surface area contributed by atoms with E-state index in [1.165, 1.54) is 4.90 Å². The zero-order valence-corrected chi connectivity index (χ0v) is 13.3. The third kappa shape index (κ3) is 5.49. The number of amides is 2. The lowest BCUT2D eigenvalue weighted by molar-refractivity contribution is -0.138. The number of furan rings is 1. The summed E-state index contributed by atoms with van der Waals surface area (Å²) in [6.07, 6.45) is -0.108. The van der Waals surface area contributed by atoms with Crippen LogP contribution in [0.25, 0.3) is 0 Å². The van der Waals surface area contributed by atoms with Crippen molar-refractivity contribution in [2.45, 2.75) is 46.7 Å². The highest BCUT2D eigenvalue weighted by Crippen LogP contribution is 2.22. The molecule has 21 heavy (non-hydrogen) atoms. The standard InChI is InChI=1S/C15H24N2O4/c1-10-6-7-11(21-10)9-17(5)14(20)16-12(8-13(18)19)15(2,3)4/h6-7,12H,8-9H2,1-5H3,(H,16,20)(H,18,19). The maximum absolute atomic E-state index is 12.2. The maximum Gasteiger partial charge on any atom is 0.317 e. The molecule has 0 aliphatic rings. The lowest BCUT2D eigenvalue weighted by Crippen LogP contribution is -2.49. The molecule has 1 aromatic rings. The van der Waals surface area contributed by atoms with Gasteiger partial charge >= 0.3 is 12.0 Å². The van der Waals surface area contributed by atoms with Crippen molar-refractivity contribution in [3.63, 3.8) is 0 Å². The largest absolute Gasteiger partial charge is 0.481 e. The van der Waals surface area contributed by atoms with Crippen molar-refractivity contribution < 1.29 is 19.1 Å². The molecule has 0 radical (unpaired) electrons. The third-order valence-corrected chi connectivity index (χ3v) is 3.26. The Morgan fingerprint density at radius 2 is 2.00 bits per heavy atom. The fourth-order valence-corrected chi connectivity index (χ4v) is 1.88. The predicted molar refractivity (Wildman–Crippen MR) is 78.9 cm³/mol. The minimum Gasteiger partial charge on any atom is -0.481 e. The lowest BCUT2D eigenvalue weighted by Gasteiger charge is -2.31. The summed E-state index contributed by atoms with van der Waals surface area (Å²) < 4.78 is 5.43. The molecule has 118 valence electrons. The van der Waals surface area contributed by atoms with Crippen molar-refractivity contribution in [1.82, 2.24) is 10.2 Å².